The number of carboxylic acids is 1. The van der Waals surface area contributed by atoms with Crippen molar-refractivity contribution in [2.24, 2.45) is 0 Å². The molecule has 0 aliphatic heterocycles. The minimum atomic E-state index is -1.94. The molecule has 3 aromatic rings. The number of carboxylic acid groups (broad SMARTS) is 1. The first-order valence-electron chi connectivity index (χ1n) is 10.7. The molecule has 0 fully saturated rings. The second-order valence-electron chi connectivity index (χ2n) is 8.12. The summed E-state index contributed by atoms with van der Waals surface area (Å²) in [5.74, 6) is -2.32. The van der Waals surface area contributed by atoms with Crippen LogP contribution in [0.25, 0.3) is 11.1 Å². The van der Waals surface area contributed by atoms with Gasteiger partial charge in [0.1, 0.15) is 6.61 Å². The molecule has 0 amide bonds. The second-order valence-corrected chi connectivity index (χ2v) is 8.12. The summed E-state index contributed by atoms with van der Waals surface area (Å²) in [6, 6.07) is 25.1. The highest BCUT2D eigenvalue weighted by atomic mass is 16.5. The molecular formula is C27H24N2O4. The van der Waals surface area contributed by atoms with Gasteiger partial charge in [-0.25, -0.2) is 9.59 Å². The molecule has 4 rings (SSSR count). The molecule has 166 valence electrons. The van der Waals surface area contributed by atoms with Gasteiger partial charge >= 0.3 is 11.9 Å². The third kappa shape index (κ3) is 4.11. The number of fused-ring (bicyclic) bond motifs is 3. The van der Waals surface area contributed by atoms with E-state index in [9.17, 15) is 14.7 Å². The molecule has 0 saturated heterocycles. The van der Waals surface area contributed by atoms with Crippen LogP contribution in [0.1, 0.15) is 28.2 Å². The Bertz CT molecular complexity index is 1200. The van der Waals surface area contributed by atoms with Crippen LogP contribution < -0.4 is 5.32 Å². The maximum Gasteiger partial charge on any atom is 0.338 e. The molecule has 0 heterocycles. The van der Waals surface area contributed by atoms with Gasteiger partial charge in [-0.3, -0.25) is 5.32 Å². The Balaban J connectivity index is 1.58. The van der Waals surface area contributed by atoms with Crippen LogP contribution in [0, 0.1) is 11.3 Å². The maximum atomic E-state index is 13.2. The van der Waals surface area contributed by atoms with Gasteiger partial charge < -0.3 is 9.84 Å². The lowest BCUT2D eigenvalue weighted by atomic mass is 9.89. The molecule has 0 spiro atoms. The third-order valence-corrected chi connectivity index (χ3v) is 6.23. The summed E-state index contributed by atoms with van der Waals surface area (Å²) in [6.45, 7) is 0.0397. The average Bonchev–Trinajstić information content (AvgIpc) is 3.15. The van der Waals surface area contributed by atoms with Crippen molar-refractivity contribution in [3.63, 3.8) is 0 Å². The second kappa shape index (κ2) is 9.27. The minimum absolute atomic E-state index is 0.0397. The fourth-order valence-corrected chi connectivity index (χ4v) is 4.50. The van der Waals surface area contributed by atoms with E-state index in [1.54, 1.807) is 24.3 Å². The number of nitrogens with one attached hydrogen (secondary N) is 1. The number of hydrogen-bond donors (Lipinski definition) is 2. The molecule has 2 N–H and O–H groups in total. The summed E-state index contributed by atoms with van der Waals surface area (Å²) in [4.78, 5) is 25.5. The smallest absolute Gasteiger partial charge is 0.338 e. The number of nitrogens with zero attached hydrogens (tertiary/aromatic N) is 1. The Hall–Kier alpha value is -3.95. The summed E-state index contributed by atoms with van der Waals surface area (Å²) >= 11 is 0. The maximum absolute atomic E-state index is 13.2. The van der Waals surface area contributed by atoms with Crippen LogP contribution in [-0.2, 0) is 27.2 Å². The van der Waals surface area contributed by atoms with Gasteiger partial charge in [-0.15, -0.1) is 0 Å². The molecule has 0 saturated carbocycles. The number of benzene rings is 3. The van der Waals surface area contributed by atoms with Gasteiger partial charge in [0.25, 0.3) is 0 Å². The van der Waals surface area contributed by atoms with E-state index in [0.717, 1.165) is 27.8 Å². The van der Waals surface area contributed by atoms with Crippen molar-refractivity contribution >= 4 is 11.9 Å². The highest BCUT2D eigenvalue weighted by molar-refractivity contribution is 6.04. The fraction of sp³-hybridized carbons (Fsp3) is 0.222. The van der Waals surface area contributed by atoms with Crippen molar-refractivity contribution in [3.05, 3.63) is 95.1 Å². The lowest BCUT2D eigenvalue weighted by Crippen LogP contribution is -2.59. The topological polar surface area (TPSA) is 99.4 Å². The standard InChI is InChI=1S/C27H24N2O4/c1-29-27(25(30)31,16-19-8-6-7-18(15-19)13-14-28)26(32)33-17-24-22-11-4-2-9-20(22)21-10-3-5-12-23(21)24/h2-12,15,24,29H,13,16-17H2,1H3,(H,30,31). The zero-order valence-electron chi connectivity index (χ0n) is 18.2. The number of carbonyl (C=O) groups is 2. The first-order chi connectivity index (χ1) is 16.0. The van der Waals surface area contributed by atoms with E-state index in [-0.39, 0.29) is 25.4 Å². The van der Waals surface area contributed by atoms with Crippen molar-refractivity contribution in [1.82, 2.24) is 5.32 Å². The molecule has 6 heteroatoms. The number of likely N-dealkylation sites (N-methyl/N-ethyl adjacent to an activating group) is 1. The highest BCUT2D eigenvalue weighted by Gasteiger charge is 2.47. The van der Waals surface area contributed by atoms with Gasteiger partial charge in [0.2, 0.25) is 5.54 Å². The normalized spacial score (nSPS) is 13.9. The van der Waals surface area contributed by atoms with E-state index >= 15 is 0 Å². The molecular weight excluding hydrogens is 416 g/mol. The molecule has 33 heavy (non-hydrogen) atoms. The zero-order valence-corrected chi connectivity index (χ0v) is 18.2. The number of nitriles is 1. The summed E-state index contributed by atoms with van der Waals surface area (Å²) in [5.41, 5.74) is 3.76. The van der Waals surface area contributed by atoms with Crippen molar-refractivity contribution in [2.75, 3.05) is 13.7 Å². The summed E-state index contributed by atoms with van der Waals surface area (Å²) in [7, 11) is 1.44. The van der Waals surface area contributed by atoms with Gasteiger partial charge in [-0.1, -0.05) is 72.8 Å². The molecule has 0 aromatic heterocycles. The molecule has 3 aromatic carbocycles. The first-order valence-corrected chi connectivity index (χ1v) is 10.7. The van der Waals surface area contributed by atoms with Crippen molar-refractivity contribution in [3.8, 4) is 17.2 Å². The SMILES string of the molecule is CNC(Cc1cccc(CC#N)c1)(C(=O)O)C(=O)OCC1c2ccccc2-c2ccccc21. The van der Waals surface area contributed by atoms with Gasteiger partial charge in [0.15, 0.2) is 0 Å². The largest absolute Gasteiger partial charge is 0.479 e. The third-order valence-electron chi connectivity index (χ3n) is 6.23. The number of ether oxygens (including phenoxy) is 1. The Morgan fingerprint density at radius 3 is 2.18 bits per heavy atom. The van der Waals surface area contributed by atoms with Crippen LogP contribution >= 0.6 is 0 Å². The molecule has 1 unspecified atom stereocenters. The van der Waals surface area contributed by atoms with Crippen molar-refractivity contribution in [1.29, 1.82) is 5.26 Å². The summed E-state index contributed by atoms with van der Waals surface area (Å²) < 4.78 is 5.67. The van der Waals surface area contributed by atoms with E-state index in [2.05, 4.69) is 11.4 Å². The van der Waals surface area contributed by atoms with Crippen LogP contribution in [-0.4, -0.2) is 36.2 Å². The van der Waals surface area contributed by atoms with Crippen LogP contribution in [0.3, 0.4) is 0 Å². The highest BCUT2D eigenvalue weighted by Crippen LogP contribution is 2.44. The average molecular weight is 440 g/mol. The number of hydrogen-bond acceptors (Lipinski definition) is 5. The van der Waals surface area contributed by atoms with E-state index in [4.69, 9.17) is 10.00 Å². The van der Waals surface area contributed by atoms with Crippen LogP contribution in [0.5, 0.6) is 0 Å². The molecule has 1 aliphatic carbocycles. The summed E-state index contributed by atoms with van der Waals surface area (Å²) in [5, 5.41) is 21.7. The fourth-order valence-electron chi connectivity index (χ4n) is 4.50. The van der Waals surface area contributed by atoms with Crippen molar-refractivity contribution in [2.45, 2.75) is 24.3 Å². The number of esters is 1. The first kappa shape index (κ1) is 22.3. The number of aliphatic carboxylic acids is 1. The minimum Gasteiger partial charge on any atom is -0.479 e. The van der Waals surface area contributed by atoms with Gasteiger partial charge in [-0.05, 0) is 40.4 Å². The Kier molecular flexibility index (Phi) is 6.25. The molecule has 1 aliphatic rings. The van der Waals surface area contributed by atoms with Crippen LogP contribution in [0.2, 0.25) is 0 Å². The predicted molar refractivity (Wildman–Crippen MR) is 124 cm³/mol. The number of rotatable bonds is 8. The zero-order chi connectivity index (χ0) is 23.4. The van der Waals surface area contributed by atoms with Crippen LogP contribution in [0.4, 0.5) is 0 Å². The van der Waals surface area contributed by atoms with Crippen molar-refractivity contribution < 1.29 is 19.4 Å². The van der Waals surface area contributed by atoms with Gasteiger partial charge in [-0.2, -0.15) is 5.26 Å². The molecule has 6 nitrogen and oxygen atoms in total. The molecule has 1 atom stereocenters. The van der Waals surface area contributed by atoms with E-state index in [1.165, 1.54) is 7.05 Å². The predicted octanol–water partition coefficient (Wildman–Crippen LogP) is 3.69. The van der Waals surface area contributed by atoms with E-state index in [0.29, 0.717) is 5.56 Å². The summed E-state index contributed by atoms with van der Waals surface area (Å²) in [6.07, 6.45) is 0.104. The Morgan fingerprint density at radius 1 is 1.00 bits per heavy atom. The van der Waals surface area contributed by atoms with E-state index in [1.807, 2.05) is 48.5 Å². The van der Waals surface area contributed by atoms with Gasteiger partial charge in [0.05, 0.1) is 12.5 Å². The van der Waals surface area contributed by atoms with Crippen LogP contribution in [0.15, 0.2) is 72.8 Å². The Labute approximate surface area is 192 Å². The quantitative estimate of drug-likeness (QED) is 0.409. The lowest BCUT2D eigenvalue weighted by molar-refractivity contribution is -0.163. The van der Waals surface area contributed by atoms with E-state index < -0.39 is 17.5 Å². The molecule has 0 bridgehead atoms. The molecule has 0 radical (unpaired) electrons. The van der Waals surface area contributed by atoms with Gasteiger partial charge in [0, 0.05) is 12.3 Å². The number of carbonyl (C=O) groups excluding carboxylic acids is 1. The Morgan fingerprint density at radius 2 is 1.61 bits per heavy atom. The monoisotopic (exact) mass is 440 g/mol. The lowest BCUT2D eigenvalue weighted by Gasteiger charge is -2.28.